The average Bonchev–Trinajstić information content (AvgIpc) is 4.00. The van der Waals surface area contributed by atoms with E-state index in [4.69, 9.17) is 23.8 Å². The summed E-state index contributed by atoms with van der Waals surface area (Å²) in [6.07, 6.45) is 0. The molecule has 0 radical (unpaired) electrons. The van der Waals surface area contributed by atoms with E-state index < -0.39 is 0 Å². The monoisotopic (exact) mass is 780 g/mol. The van der Waals surface area contributed by atoms with E-state index in [0.29, 0.717) is 23.1 Å². The van der Waals surface area contributed by atoms with Crippen LogP contribution in [0, 0.1) is 0 Å². The van der Waals surface area contributed by atoms with Crippen molar-refractivity contribution in [1.82, 2.24) is 19.5 Å². The Morgan fingerprint density at radius 2 is 0.967 bits per heavy atom. The van der Waals surface area contributed by atoms with Crippen LogP contribution in [-0.4, -0.2) is 19.5 Å². The predicted octanol–water partition coefficient (Wildman–Crippen LogP) is 14.6. The molecule has 0 saturated carbocycles. The molecule has 0 unspecified atom stereocenters. The lowest BCUT2D eigenvalue weighted by Crippen LogP contribution is -2.02. The Morgan fingerprint density at radius 1 is 0.344 bits per heavy atom. The summed E-state index contributed by atoms with van der Waals surface area (Å²) in [6, 6.07) is 67.5. The summed E-state index contributed by atoms with van der Waals surface area (Å²) in [5, 5.41) is 8.72. The SMILES string of the molecule is c1ccc(-c2cccc(-c3nc(-c4cc(-n5c6ccccc6c6cc7ccccc7cc65)cc5c4oc4ccccc45)nc(-c4cccc5oc6ccccc6c45)n3)c2)cc1. The van der Waals surface area contributed by atoms with Gasteiger partial charge in [-0.25, -0.2) is 15.0 Å². The Balaban J connectivity index is 1.13. The minimum atomic E-state index is 0.507. The first-order valence-corrected chi connectivity index (χ1v) is 20.4. The smallest absolute Gasteiger partial charge is 0.167 e. The highest BCUT2D eigenvalue weighted by molar-refractivity contribution is 6.16. The number of para-hydroxylation sites is 3. The van der Waals surface area contributed by atoms with Gasteiger partial charge in [0.05, 0.1) is 16.6 Å². The normalized spacial score (nSPS) is 11.9. The highest BCUT2D eigenvalue weighted by atomic mass is 16.3. The molecule has 0 aliphatic rings. The van der Waals surface area contributed by atoms with Crippen molar-refractivity contribution in [1.29, 1.82) is 0 Å². The van der Waals surface area contributed by atoms with Crippen LogP contribution in [0.4, 0.5) is 0 Å². The van der Waals surface area contributed by atoms with Gasteiger partial charge in [0.15, 0.2) is 17.5 Å². The minimum absolute atomic E-state index is 0.507. The van der Waals surface area contributed by atoms with Gasteiger partial charge in [0.1, 0.15) is 22.3 Å². The summed E-state index contributed by atoms with van der Waals surface area (Å²) in [4.78, 5) is 16.0. The lowest BCUT2D eigenvalue weighted by atomic mass is 10.0. The molecule has 0 aliphatic heterocycles. The molecule has 284 valence electrons. The second-order valence-electron chi connectivity index (χ2n) is 15.6. The van der Waals surface area contributed by atoms with Gasteiger partial charge in [0, 0.05) is 49.1 Å². The summed E-state index contributed by atoms with van der Waals surface area (Å²) in [5.41, 5.74) is 11.0. The van der Waals surface area contributed by atoms with E-state index >= 15 is 0 Å². The molecule has 9 aromatic carbocycles. The van der Waals surface area contributed by atoms with Crippen LogP contribution in [0.2, 0.25) is 0 Å². The quantitative estimate of drug-likeness (QED) is 0.174. The van der Waals surface area contributed by atoms with E-state index in [2.05, 4.69) is 150 Å². The van der Waals surface area contributed by atoms with Crippen molar-refractivity contribution in [2.75, 3.05) is 0 Å². The molecule has 0 bridgehead atoms. The van der Waals surface area contributed by atoms with E-state index in [-0.39, 0.29) is 0 Å². The number of aromatic nitrogens is 4. The maximum absolute atomic E-state index is 6.80. The number of hydrogen-bond donors (Lipinski definition) is 0. The summed E-state index contributed by atoms with van der Waals surface area (Å²) < 4.78 is 15.5. The number of fused-ring (bicyclic) bond motifs is 10. The largest absolute Gasteiger partial charge is 0.456 e. The predicted molar refractivity (Wildman–Crippen MR) is 248 cm³/mol. The fourth-order valence-electron chi connectivity index (χ4n) is 9.22. The molecule has 4 aromatic heterocycles. The first-order chi connectivity index (χ1) is 30.2. The Hall–Kier alpha value is -8.35. The molecular weight excluding hydrogens is 749 g/mol. The summed E-state index contributed by atoms with van der Waals surface area (Å²) in [7, 11) is 0. The highest BCUT2D eigenvalue weighted by Crippen LogP contribution is 2.42. The zero-order valence-electron chi connectivity index (χ0n) is 32.6. The number of nitrogens with zero attached hydrogens (tertiary/aromatic N) is 4. The molecule has 6 nitrogen and oxygen atoms in total. The van der Waals surface area contributed by atoms with E-state index in [1.807, 2.05) is 48.5 Å². The zero-order chi connectivity index (χ0) is 40.0. The molecule has 61 heavy (non-hydrogen) atoms. The van der Waals surface area contributed by atoms with Gasteiger partial charge < -0.3 is 13.4 Å². The van der Waals surface area contributed by atoms with Crippen LogP contribution in [0.5, 0.6) is 0 Å². The van der Waals surface area contributed by atoms with Gasteiger partial charge in [-0.05, 0) is 76.5 Å². The fourth-order valence-corrected chi connectivity index (χ4v) is 9.22. The molecule has 0 N–H and O–H groups in total. The molecule has 0 spiro atoms. The first-order valence-electron chi connectivity index (χ1n) is 20.4. The van der Waals surface area contributed by atoms with Crippen molar-refractivity contribution < 1.29 is 8.83 Å². The number of benzene rings is 9. The van der Waals surface area contributed by atoms with Crippen molar-refractivity contribution in [2.24, 2.45) is 0 Å². The van der Waals surface area contributed by atoms with Gasteiger partial charge in [-0.15, -0.1) is 0 Å². The lowest BCUT2D eigenvalue weighted by molar-refractivity contribution is 0.668. The van der Waals surface area contributed by atoms with E-state index in [0.717, 1.165) is 82.8 Å². The van der Waals surface area contributed by atoms with Crippen molar-refractivity contribution >= 4 is 76.5 Å². The third-order valence-electron chi connectivity index (χ3n) is 12.0. The summed E-state index contributed by atoms with van der Waals surface area (Å²) in [5.74, 6) is 1.60. The Bertz CT molecular complexity index is 3900. The maximum Gasteiger partial charge on any atom is 0.167 e. The topological polar surface area (TPSA) is 69.9 Å². The van der Waals surface area contributed by atoms with Crippen LogP contribution in [0.1, 0.15) is 0 Å². The van der Waals surface area contributed by atoms with Gasteiger partial charge in [-0.1, -0.05) is 140 Å². The molecule has 13 aromatic rings. The molecule has 0 aliphatic carbocycles. The van der Waals surface area contributed by atoms with E-state index in [1.54, 1.807) is 0 Å². The van der Waals surface area contributed by atoms with Crippen LogP contribution in [0.3, 0.4) is 0 Å². The second-order valence-corrected chi connectivity index (χ2v) is 15.6. The van der Waals surface area contributed by atoms with Gasteiger partial charge in [-0.2, -0.15) is 0 Å². The minimum Gasteiger partial charge on any atom is -0.456 e. The van der Waals surface area contributed by atoms with Crippen molar-refractivity contribution in [2.45, 2.75) is 0 Å². The molecule has 0 fully saturated rings. The maximum atomic E-state index is 6.80. The van der Waals surface area contributed by atoms with Crippen molar-refractivity contribution in [3.63, 3.8) is 0 Å². The van der Waals surface area contributed by atoms with Gasteiger partial charge in [0.2, 0.25) is 0 Å². The number of furan rings is 2. The van der Waals surface area contributed by atoms with Crippen LogP contribution in [0.25, 0.3) is 127 Å². The number of hydrogen-bond acceptors (Lipinski definition) is 5. The molecule has 0 saturated heterocycles. The molecule has 13 rings (SSSR count). The van der Waals surface area contributed by atoms with Crippen LogP contribution in [-0.2, 0) is 0 Å². The Kier molecular flexibility index (Phi) is 7.21. The van der Waals surface area contributed by atoms with Gasteiger partial charge >= 0.3 is 0 Å². The first kappa shape index (κ1) is 33.6. The average molecular weight is 781 g/mol. The Labute approximate surface area is 348 Å². The third kappa shape index (κ3) is 5.26. The summed E-state index contributed by atoms with van der Waals surface area (Å²) >= 11 is 0. The molecule has 0 atom stereocenters. The fraction of sp³-hybridized carbons (Fsp3) is 0. The van der Waals surface area contributed by atoms with Crippen LogP contribution >= 0.6 is 0 Å². The van der Waals surface area contributed by atoms with Crippen molar-refractivity contribution in [3.05, 3.63) is 194 Å². The van der Waals surface area contributed by atoms with Crippen LogP contribution in [0.15, 0.2) is 203 Å². The highest BCUT2D eigenvalue weighted by Gasteiger charge is 2.23. The number of rotatable bonds is 5. The standard InChI is InChI=1S/C55H32N4O2/c1-2-14-33(15-3-1)34-18-12-19-37(28-34)53-56-54(42-23-13-27-50-51(42)41-22-8-11-26-49(41)60-50)58-55(57-53)45-32-38(31-44-40-21-7-10-25-48(40)61-52(44)45)59-46-24-9-6-20-39(46)43-29-35-16-4-5-17-36(35)30-47(43)59/h1-32H. The lowest BCUT2D eigenvalue weighted by Gasteiger charge is -2.13. The second kappa shape index (κ2) is 13.1. The zero-order valence-corrected chi connectivity index (χ0v) is 32.6. The van der Waals surface area contributed by atoms with Crippen LogP contribution < -0.4 is 0 Å². The molecule has 4 heterocycles. The molecular formula is C55H32N4O2. The molecule has 6 heteroatoms. The third-order valence-corrected chi connectivity index (χ3v) is 12.0. The van der Waals surface area contributed by atoms with Gasteiger partial charge in [0.25, 0.3) is 0 Å². The van der Waals surface area contributed by atoms with Crippen molar-refractivity contribution in [3.8, 4) is 51.0 Å². The molecule has 0 amide bonds. The Morgan fingerprint density at radius 3 is 1.82 bits per heavy atom. The summed E-state index contributed by atoms with van der Waals surface area (Å²) in [6.45, 7) is 0. The van der Waals surface area contributed by atoms with E-state index in [9.17, 15) is 0 Å². The van der Waals surface area contributed by atoms with Gasteiger partial charge in [-0.3, -0.25) is 0 Å². The van der Waals surface area contributed by atoms with E-state index in [1.165, 1.54) is 21.5 Å².